The minimum atomic E-state index is -4.14. The van der Waals surface area contributed by atoms with Crippen LogP contribution in [-0.4, -0.2) is 54.5 Å². The second kappa shape index (κ2) is 10.4. The predicted molar refractivity (Wildman–Crippen MR) is 128 cm³/mol. The number of benzene rings is 2. The normalized spacial score (nSPS) is 15.2. The number of nitrogens with one attached hydrogen (secondary N) is 1. The lowest BCUT2D eigenvalue weighted by atomic mass is 10.1. The minimum Gasteiger partial charge on any atom is -0.354 e. The second-order valence-electron chi connectivity index (χ2n) is 8.88. The van der Waals surface area contributed by atoms with E-state index in [-0.39, 0.29) is 28.8 Å². The van der Waals surface area contributed by atoms with Gasteiger partial charge in [-0.05, 0) is 37.0 Å². The van der Waals surface area contributed by atoms with Crippen LogP contribution in [0.4, 0.5) is 0 Å². The first-order valence-electron chi connectivity index (χ1n) is 11.3. The average Bonchev–Trinajstić information content (AvgIpc) is 2.99. The summed E-state index contributed by atoms with van der Waals surface area (Å²) in [5.41, 5.74) is 1.89. The summed E-state index contributed by atoms with van der Waals surface area (Å²) in [7, 11) is -4.14. The summed E-state index contributed by atoms with van der Waals surface area (Å²) in [6.45, 7) is 7.58. The van der Waals surface area contributed by atoms with Crippen LogP contribution in [0, 0.1) is 12.8 Å². The van der Waals surface area contributed by atoms with Crippen LogP contribution in [0.2, 0.25) is 0 Å². The zero-order valence-electron chi connectivity index (χ0n) is 19.9. The number of hydrogen-bond acceptors (Lipinski definition) is 5. The number of aryl methyl sites for hydroxylation is 1. The molecule has 1 aliphatic rings. The molecule has 9 heteroatoms. The number of nitrogens with zero attached hydrogens (tertiary/aromatic N) is 2. The van der Waals surface area contributed by atoms with E-state index in [1.54, 1.807) is 13.0 Å². The topological polar surface area (TPSA) is 104 Å². The van der Waals surface area contributed by atoms with Gasteiger partial charge in [0.05, 0.1) is 5.56 Å². The van der Waals surface area contributed by atoms with Gasteiger partial charge in [-0.25, -0.2) is 12.7 Å². The zero-order valence-corrected chi connectivity index (χ0v) is 20.8. The molecule has 0 fully saturated rings. The molecule has 0 bridgehead atoms. The molecule has 3 rings (SSSR count). The van der Waals surface area contributed by atoms with Crippen molar-refractivity contribution in [1.29, 1.82) is 0 Å². The summed E-state index contributed by atoms with van der Waals surface area (Å²) < 4.78 is 26.5. The molecule has 0 spiro atoms. The van der Waals surface area contributed by atoms with Gasteiger partial charge in [0, 0.05) is 13.1 Å². The van der Waals surface area contributed by atoms with Gasteiger partial charge in [-0.2, -0.15) is 0 Å². The lowest BCUT2D eigenvalue weighted by molar-refractivity contribution is -0.141. The quantitative estimate of drug-likeness (QED) is 0.588. The first-order valence-corrected chi connectivity index (χ1v) is 12.8. The predicted octanol–water partition coefficient (Wildman–Crippen LogP) is 2.72. The fourth-order valence-electron chi connectivity index (χ4n) is 3.83. The third-order valence-corrected chi connectivity index (χ3v) is 7.52. The van der Waals surface area contributed by atoms with Crippen molar-refractivity contribution in [2.24, 2.45) is 5.92 Å². The molecule has 1 N–H and O–H groups in total. The van der Waals surface area contributed by atoms with Crippen molar-refractivity contribution in [3.8, 4) is 0 Å². The summed E-state index contributed by atoms with van der Waals surface area (Å²) in [6.07, 6.45) is 0.336. The maximum absolute atomic E-state index is 13.5. The molecule has 0 saturated carbocycles. The van der Waals surface area contributed by atoms with Gasteiger partial charge in [-0.3, -0.25) is 14.4 Å². The van der Waals surface area contributed by atoms with Crippen LogP contribution in [0.3, 0.4) is 0 Å². The Morgan fingerprint density at radius 1 is 1.06 bits per heavy atom. The van der Waals surface area contributed by atoms with Crippen molar-refractivity contribution < 1.29 is 22.8 Å². The van der Waals surface area contributed by atoms with Crippen molar-refractivity contribution in [2.45, 2.75) is 51.6 Å². The van der Waals surface area contributed by atoms with Gasteiger partial charge >= 0.3 is 0 Å². The summed E-state index contributed by atoms with van der Waals surface area (Å²) in [5, 5.41) is 2.86. The van der Waals surface area contributed by atoms with Gasteiger partial charge in [-0.15, -0.1) is 0 Å². The van der Waals surface area contributed by atoms with Crippen LogP contribution >= 0.6 is 0 Å². The largest absolute Gasteiger partial charge is 0.354 e. The molecule has 0 aliphatic carbocycles. The van der Waals surface area contributed by atoms with E-state index >= 15 is 0 Å². The number of carbonyl (C=O) groups is 3. The third-order valence-electron chi connectivity index (χ3n) is 5.73. The fraction of sp³-hybridized carbons (Fsp3) is 0.400. The number of amides is 3. The van der Waals surface area contributed by atoms with Crippen LogP contribution in [0.15, 0.2) is 53.4 Å². The van der Waals surface area contributed by atoms with E-state index in [0.717, 1.165) is 11.1 Å². The Labute approximate surface area is 201 Å². The molecule has 1 aliphatic heterocycles. The van der Waals surface area contributed by atoms with Gasteiger partial charge < -0.3 is 10.2 Å². The van der Waals surface area contributed by atoms with Gasteiger partial charge in [0.2, 0.25) is 11.8 Å². The molecule has 8 nitrogen and oxygen atoms in total. The maximum atomic E-state index is 13.5. The maximum Gasteiger partial charge on any atom is 0.269 e. The molecule has 1 atom stereocenters. The number of rotatable bonds is 9. The highest BCUT2D eigenvalue weighted by Gasteiger charge is 2.43. The van der Waals surface area contributed by atoms with E-state index in [2.05, 4.69) is 5.32 Å². The van der Waals surface area contributed by atoms with Crippen molar-refractivity contribution in [3.63, 3.8) is 0 Å². The highest BCUT2D eigenvalue weighted by atomic mass is 32.2. The Hall–Kier alpha value is -3.20. The SMILES string of the molecule is CCC(C(=O)NCC(C)C)N(Cc1ccc(C)cc1)C(=O)CN1C(=O)c2ccccc2S1(=O)=O. The van der Waals surface area contributed by atoms with E-state index in [1.807, 2.05) is 45.0 Å². The van der Waals surface area contributed by atoms with Crippen molar-refractivity contribution >= 4 is 27.7 Å². The Balaban J connectivity index is 1.90. The average molecular weight is 486 g/mol. The Morgan fingerprint density at radius 2 is 1.71 bits per heavy atom. The van der Waals surface area contributed by atoms with Crippen LogP contribution in [0.25, 0.3) is 0 Å². The number of hydrogen-bond donors (Lipinski definition) is 1. The smallest absolute Gasteiger partial charge is 0.269 e. The molecule has 0 saturated heterocycles. The molecule has 3 amide bonds. The van der Waals surface area contributed by atoms with Crippen LogP contribution < -0.4 is 5.32 Å². The standard InChI is InChI=1S/C25H31N3O5S/c1-5-21(24(30)26-14-17(2)3)27(15-19-12-10-18(4)11-13-19)23(29)16-28-25(31)20-8-6-7-9-22(20)34(28,32)33/h6-13,17,21H,5,14-16H2,1-4H3,(H,26,30). The zero-order chi connectivity index (χ0) is 25.0. The van der Waals surface area contributed by atoms with Crippen molar-refractivity contribution in [3.05, 3.63) is 65.2 Å². The molecule has 0 aromatic heterocycles. The fourth-order valence-corrected chi connectivity index (χ4v) is 5.35. The highest BCUT2D eigenvalue weighted by Crippen LogP contribution is 2.30. The molecule has 1 heterocycles. The van der Waals surface area contributed by atoms with Gasteiger partial charge in [-0.1, -0.05) is 62.7 Å². The molecule has 0 radical (unpaired) electrons. The number of carbonyl (C=O) groups excluding carboxylic acids is 3. The first-order chi connectivity index (χ1) is 16.1. The van der Waals surface area contributed by atoms with Crippen molar-refractivity contribution in [1.82, 2.24) is 14.5 Å². The molecular formula is C25H31N3O5S. The second-order valence-corrected chi connectivity index (χ2v) is 10.7. The van der Waals surface area contributed by atoms with E-state index < -0.39 is 34.4 Å². The lowest BCUT2D eigenvalue weighted by Crippen LogP contribution is -2.52. The minimum absolute atomic E-state index is 0.0436. The number of sulfonamides is 1. The summed E-state index contributed by atoms with van der Waals surface area (Å²) in [5.74, 6) is -1.43. The summed E-state index contributed by atoms with van der Waals surface area (Å²) >= 11 is 0. The summed E-state index contributed by atoms with van der Waals surface area (Å²) in [6, 6.07) is 12.6. The highest BCUT2D eigenvalue weighted by molar-refractivity contribution is 7.90. The van der Waals surface area contributed by atoms with Crippen molar-refractivity contribution in [2.75, 3.05) is 13.1 Å². The van der Waals surface area contributed by atoms with Crippen LogP contribution in [-0.2, 0) is 26.2 Å². The third kappa shape index (κ3) is 5.30. The van der Waals surface area contributed by atoms with Gasteiger partial charge in [0.25, 0.3) is 15.9 Å². The molecule has 2 aromatic carbocycles. The van der Waals surface area contributed by atoms with E-state index in [4.69, 9.17) is 0 Å². The summed E-state index contributed by atoms with van der Waals surface area (Å²) in [4.78, 5) is 40.5. The van der Waals surface area contributed by atoms with Crippen LogP contribution in [0.5, 0.6) is 0 Å². The van der Waals surface area contributed by atoms with E-state index in [1.165, 1.54) is 23.1 Å². The molecular weight excluding hydrogens is 454 g/mol. The molecule has 182 valence electrons. The molecule has 1 unspecified atom stereocenters. The Kier molecular flexibility index (Phi) is 7.76. The monoisotopic (exact) mass is 485 g/mol. The Morgan fingerprint density at radius 3 is 2.29 bits per heavy atom. The number of fused-ring (bicyclic) bond motifs is 1. The van der Waals surface area contributed by atoms with Crippen LogP contribution in [0.1, 0.15) is 48.7 Å². The van der Waals surface area contributed by atoms with E-state index in [9.17, 15) is 22.8 Å². The molecule has 2 aromatic rings. The Bertz CT molecular complexity index is 1180. The van der Waals surface area contributed by atoms with Gasteiger partial charge in [0.1, 0.15) is 17.5 Å². The molecule has 34 heavy (non-hydrogen) atoms. The lowest BCUT2D eigenvalue weighted by Gasteiger charge is -2.32. The van der Waals surface area contributed by atoms with Gasteiger partial charge in [0.15, 0.2) is 0 Å². The van der Waals surface area contributed by atoms with E-state index in [0.29, 0.717) is 17.3 Å². The first kappa shape index (κ1) is 25.4.